The zero-order chi connectivity index (χ0) is 20.5. The number of likely N-dealkylation sites (tertiary alicyclic amines) is 4. The second-order valence-corrected chi connectivity index (χ2v) is 10.7. The third-order valence-electron chi connectivity index (χ3n) is 8.31. The van der Waals surface area contributed by atoms with Gasteiger partial charge in [0.1, 0.15) is 0 Å². The van der Waals surface area contributed by atoms with Crippen molar-refractivity contribution in [2.75, 3.05) is 92.6 Å². The Hall–Kier alpha value is -0.240. The average Bonchev–Trinajstić information content (AvgIpc) is 3.33. The van der Waals surface area contributed by atoms with Crippen LogP contribution in [0, 0.1) is 10.8 Å². The molecule has 6 aliphatic rings. The van der Waals surface area contributed by atoms with Gasteiger partial charge in [0.25, 0.3) is 0 Å². The predicted octanol–water partition coefficient (Wildman–Crippen LogP) is 0.608. The van der Waals surface area contributed by atoms with Gasteiger partial charge in [-0.15, -0.1) is 0 Å². The molecule has 6 saturated heterocycles. The van der Waals surface area contributed by atoms with Crippen LogP contribution in [-0.2, 0) is 0 Å². The number of likely N-dealkylation sites (N-methyl/N-ethyl adjacent to an activating group) is 1. The van der Waals surface area contributed by atoms with Crippen molar-refractivity contribution in [2.24, 2.45) is 10.8 Å². The molecule has 2 spiro atoms. The third kappa shape index (κ3) is 4.68. The van der Waals surface area contributed by atoms with Crippen LogP contribution in [0.15, 0.2) is 0 Å². The zero-order valence-corrected chi connectivity index (χ0v) is 19.6. The topological polar surface area (TPSA) is 37.0 Å². The Labute approximate surface area is 179 Å². The Morgan fingerprint density at radius 3 is 1.76 bits per heavy atom. The van der Waals surface area contributed by atoms with E-state index < -0.39 is 0 Å². The molecule has 6 rings (SSSR count). The summed E-state index contributed by atoms with van der Waals surface area (Å²) in [4.78, 5) is 10.4. The number of hydrogen-bond donors (Lipinski definition) is 2. The quantitative estimate of drug-likeness (QED) is 0.700. The van der Waals surface area contributed by atoms with Gasteiger partial charge in [-0.05, 0) is 53.0 Å². The summed E-state index contributed by atoms with van der Waals surface area (Å²) in [7, 11) is 4.48. The van der Waals surface area contributed by atoms with Crippen molar-refractivity contribution in [3.63, 3.8) is 0 Å². The highest BCUT2D eigenvalue weighted by Gasteiger charge is 2.48. The lowest BCUT2D eigenvalue weighted by molar-refractivity contribution is 0.0232. The van der Waals surface area contributed by atoms with E-state index in [0.29, 0.717) is 10.8 Å². The third-order valence-corrected chi connectivity index (χ3v) is 8.31. The summed E-state index contributed by atoms with van der Waals surface area (Å²) >= 11 is 0. The molecule has 0 aromatic carbocycles. The highest BCUT2D eigenvalue weighted by molar-refractivity contribution is 5.03. The van der Waals surface area contributed by atoms with Gasteiger partial charge in [-0.2, -0.15) is 0 Å². The molecular formula is C23H46N6. The number of nitrogens with one attached hydrogen (secondary N) is 2. The first kappa shape index (κ1) is 22.0. The van der Waals surface area contributed by atoms with Gasteiger partial charge < -0.3 is 20.4 Å². The first-order chi connectivity index (χ1) is 14.0. The maximum Gasteiger partial charge on any atom is 0.0345 e. The second-order valence-electron chi connectivity index (χ2n) is 10.7. The Morgan fingerprint density at radius 2 is 1.31 bits per heavy atom. The van der Waals surface area contributed by atoms with E-state index in [2.05, 4.69) is 44.3 Å². The molecule has 0 aliphatic carbocycles. The molecular weight excluding hydrogens is 360 g/mol. The van der Waals surface area contributed by atoms with E-state index in [9.17, 15) is 0 Å². The molecule has 6 fully saturated rings. The van der Waals surface area contributed by atoms with E-state index in [0.717, 1.165) is 12.1 Å². The molecule has 0 amide bonds. The molecule has 1 atom stereocenters. The Kier molecular flexibility index (Phi) is 6.89. The minimum Gasteiger partial charge on any atom is -0.315 e. The Bertz CT molecular complexity index is 525. The van der Waals surface area contributed by atoms with E-state index >= 15 is 0 Å². The first-order valence-corrected chi connectivity index (χ1v) is 12.3. The lowest BCUT2D eigenvalue weighted by Crippen LogP contribution is -2.60. The maximum absolute atomic E-state index is 3.43. The first-order valence-electron chi connectivity index (χ1n) is 12.3. The van der Waals surface area contributed by atoms with Gasteiger partial charge in [0.15, 0.2) is 0 Å². The zero-order valence-electron chi connectivity index (χ0n) is 19.6. The Balaban J connectivity index is 0.000000131. The molecule has 0 aromatic heterocycles. The molecule has 6 heterocycles. The molecule has 29 heavy (non-hydrogen) atoms. The Morgan fingerprint density at radius 1 is 0.690 bits per heavy atom. The highest BCUT2D eigenvalue weighted by Crippen LogP contribution is 2.39. The summed E-state index contributed by atoms with van der Waals surface area (Å²) in [5, 5.41) is 6.78. The lowest BCUT2D eigenvalue weighted by Gasteiger charge is -2.47. The van der Waals surface area contributed by atoms with Crippen molar-refractivity contribution in [3.8, 4) is 0 Å². The van der Waals surface area contributed by atoms with Gasteiger partial charge in [-0.25, -0.2) is 0 Å². The largest absolute Gasteiger partial charge is 0.315 e. The number of nitrogens with zero attached hydrogens (tertiary/aromatic N) is 4. The SMILES string of the molecule is CC.CN1CC2(CCN(C3CNC3)C2)C1.CN1CCC(N2CCC3(CNC3)C2)C1. The van der Waals surface area contributed by atoms with E-state index in [1.54, 1.807) is 0 Å². The molecule has 6 nitrogen and oxygen atoms in total. The van der Waals surface area contributed by atoms with Crippen molar-refractivity contribution in [2.45, 2.75) is 45.2 Å². The molecule has 0 bridgehead atoms. The van der Waals surface area contributed by atoms with Crippen LogP contribution in [0.1, 0.15) is 33.1 Å². The lowest BCUT2D eigenvalue weighted by atomic mass is 9.79. The summed E-state index contributed by atoms with van der Waals surface area (Å²) < 4.78 is 0. The van der Waals surface area contributed by atoms with E-state index in [1.165, 1.54) is 97.8 Å². The minimum atomic E-state index is 0.682. The minimum absolute atomic E-state index is 0.682. The van der Waals surface area contributed by atoms with Crippen molar-refractivity contribution in [3.05, 3.63) is 0 Å². The second kappa shape index (κ2) is 9.09. The monoisotopic (exact) mass is 406 g/mol. The van der Waals surface area contributed by atoms with Gasteiger partial charge in [-0.1, -0.05) is 13.8 Å². The average molecular weight is 407 g/mol. The van der Waals surface area contributed by atoms with Gasteiger partial charge in [0.05, 0.1) is 0 Å². The number of rotatable bonds is 2. The fourth-order valence-corrected chi connectivity index (χ4v) is 6.43. The van der Waals surface area contributed by atoms with Crippen LogP contribution < -0.4 is 10.6 Å². The van der Waals surface area contributed by atoms with E-state index in [4.69, 9.17) is 0 Å². The predicted molar refractivity (Wildman–Crippen MR) is 122 cm³/mol. The van der Waals surface area contributed by atoms with Crippen LogP contribution in [0.3, 0.4) is 0 Å². The summed E-state index contributed by atoms with van der Waals surface area (Å²) in [6.07, 6.45) is 4.26. The van der Waals surface area contributed by atoms with Crippen molar-refractivity contribution in [1.29, 1.82) is 0 Å². The van der Waals surface area contributed by atoms with Gasteiger partial charge in [0, 0.05) is 81.8 Å². The molecule has 0 aromatic rings. The molecule has 6 heteroatoms. The summed E-state index contributed by atoms with van der Waals surface area (Å²) in [6.45, 7) is 19.7. The van der Waals surface area contributed by atoms with Crippen LogP contribution in [0.5, 0.6) is 0 Å². The number of hydrogen-bond acceptors (Lipinski definition) is 6. The van der Waals surface area contributed by atoms with Gasteiger partial charge in [-0.3, -0.25) is 9.80 Å². The molecule has 1 unspecified atom stereocenters. The fraction of sp³-hybridized carbons (Fsp3) is 1.00. The molecule has 2 N–H and O–H groups in total. The van der Waals surface area contributed by atoms with Crippen molar-refractivity contribution < 1.29 is 0 Å². The molecule has 168 valence electrons. The van der Waals surface area contributed by atoms with Crippen LogP contribution in [0.4, 0.5) is 0 Å². The maximum atomic E-state index is 3.43. The van der Waals surface area contributed by atoms with Crippen LogP contribution in [0.25, 0.3) is 0 Å². The van der Waals surface area contributed by atoms with E-state index in [1.807, 2.05) is 13.8 Å². The van der Waals surface area contributed by atoms with E-state index in [-0.39, 0.29) is 0 Å². The highest BCUT2D eigenvalue weighted by atomic mass is 15.3. The molecule has 0 saturated carbocycles. The molecule has 6 aliphatic heterocycles. The summed E-state index contributed by atoms with van der Waals surface area (Å²) in [5.74, 6) is 0. The van der Waals surface area contributed by atoms with Crippen molar-refractivity contribution >= 4 is 0 Å². The summed E-state index contributed by atoms with van der Waals surface area (Å²) in [5.41, 5.74) is 1.38. The van der Waals surface area contributed by atoms with Crippen LogP contribution in [-0.4, -0.2) is 124 Å². The smallest absolute Gasteiger partial charge is 0.0345 e. The van der Waals surface area contributed by atoms with Gasteiger partial charge >= 0.3 is 0 Å². The summed E-state index contributed by atoms with van der Waals surface area (Å²) in [6, 6.07) is 1.73. The fourth-order valence-electron chi connectivity index (χ4n) is 6.43. The van der Waals surface area contributed by atoms with Crippen molar-refractivity contribution in [1.82, 2.24) is 30.2 Å². The standard InChI is InChI=1S/C11H21N3.C10H19N3.C2H6/c1-13-4-2-10(6-13)14-5-3-11(9-14)7-12-8-11;1-12-6-10(7-12)2-3-13(8-10)9-4-11-5-9;1-2/h10,12H,2-9H2,1H3;9,11H,2-8H2,1H3;1-2H3. The van der Waals surface area contributed by atoms with Crippen LogP contribution >= 0.6 is 0 Å². The normalized spacial score (nSPS) is 34.1. The van der Waals surface area contributed by atoms with Crippen LogP contribution in [0.2, 0.25) is 0 Å². The molecule has 0 radical (unpaired) electrons. The van der Waals surface area contributed by atoms with Gasteiger partial charge in [0.2, 0.25) is 0 Å².